The molecule has 1 N–H and O–H groups in total. The number of rotatable bonds is 24. The Morgan fingerprint density at radius 3 is 1.18 bits per heavy atom. The summed E-state index contributed by atoms with van der Waals surface area (Å²) in [7, 11) is 0. The maximum atomic E-state index is 12.0. The Morgan fingerprint density at radius 2 is 0.776 bits per heavy atom. The molecule has 4 rings (SSSR count). The molecule has 3 atom stereocenters. The van der Waals surface area contributed by atoms with Crippen LogP contribution in [0.15, 0.2) is 103 Å². The van der Waals surface area contributed by atoms with Crippen molar-refractivity contribution >= 4 is 0 Å². The number of unbranched alkanes of at least 4 members (excludes halogenated alkanes) is 9. The van der Waals surface area contributed by atoms with E-state index in [1.807, 2.05) is 18.2 Å². The van der Waals surface area contributed by atoms with Crippen molar-refractivity contribution in [3.05, 3.63) is 137 Å². The first-order valence-electron chi connectivity index (χ1n) is 19.0. The molecule has 0 amide bonds. The monoisotopic (exact) mass is 664 g/mol. The molecule has 0 bridgehead atoms. The normalized spacial score (nSPS) is 13.3. The highest BCUT2D eigenvalue weighted by Crippen LogP contribution is 2.46. The first-order chi connectivity index (χ1) is 24.2. The molecular weight excluding hydrogens is 604 g/mol. The summed E-state index contributed by atoms with van der Waals surface area (Å²) < 4.78 is 20.7. The van der Waals surface area contributed by atoms with E-state index in [-0.39, 0.29) is 11.9 Å². The van der Waals surface area contributed by atoms with Gasteiger partial charge in [0.25, 0.3) is 0 Å². The molecule has 4 nitrogen and oxygen atoms in total. The van der Waals surface area contributed by atoms with Crippen molar-refractivity contribution in [1.29, 1.82) is 0 Å². The van der Waals surface area contributed by atoms with Crippen LogP contribution in [0.25, 0.3) is 0 Å². The summed E-state index contributed by atoms with van der Waals surface area (Å²) in [4.78, 5) is 0. The Kier molecular flexibility index (Phi) is 17.5. The largest absolute Gasteiger partial charge is 0.508 e. The average Bonchev–Trinajstić information content (AvgIpc) is 3.14. The van der Waals surface area contributed by atoms with E-state index >= 15 is 0 Å². The van der Waals surface area contributed by atoms with Crippen LogP contribution in [0.4, 0.5) is 0 Å². The van der Waals surface area contributed by atoms with Crippen molar-refractivity contribution in [3.63, 3.8) is 0 Å². The second kappa shape index (κ2) is 22.3. The van der Waals surface area contributed by atoms with Crippen LogP contribution in [0.3, 0.4) is 0 Å². The molecule has 3 unspecified atom stereocenters. The third-order valence-electron chi connectivity index (χ3n) is 9.26. The molecule has 0 aliphatic rings. The molecule has 0 saturated carbocycles. The number of benzene rings is 4. The van der Waals surface area contributed by atoms with E-state index in [0.717, 1.165) is 71.9 Å². The summed E-state index contributed by atoms with van der Waals surface area (Å²) in [5.41, 5.74) is 5.85. The molecule has 4 aromatic rings. The summed E-state index contributed by atoms with van der Waals surface area (Å²) in [5, 5.41) is 12.0. The Hall–Kier alpha value is -3.44. The summed E-state index contributed by atoms with van der Waals surface area (Å²) in [6.45, 7) is 8.57. The first-order valence-corrected chi connectivity index (χ1v) is 19.0. The zero-order valence-corrected chi connectivity index (χ0v) is 30.3. The van der Waals surface area contributed by atoms with Gasteiger partial charge in [0.2, 0.25) is 0 Å². The molecule has 0 saturated heterocycles. The molecule has 0 radical (unpaired) electrons. The van der Waals surface area contributed by atoms with E-state index in [9.17, 15) is 5.11 Å². The van der Waals surface area contributed by atoms with Crippen LogP contribution >= 0.6 is 0 Å². The highest BCUT2D eigenvalue weighted by molar-refractivity contribution is 5.54. The fraction of sp³-hybridized carbons (Fsp3) is 0.467. The number of hydrogen-bond donors (Lipinski definition) is 1. The molecule has 4 heteroatoms. The molecule has 0 aliphatic carbocycles. The lowest BCUT2D eigenvalue weighted by Crippen LogP contribution is -2.20. The van der Waals surface area contributed by atoms with Crippen molar-refractivity contribution < 1.29 is 19.3 Å². The lowest BCUT2D eigenvalue weighted by Gasteiger charge is -2.32. The van der Waals surface area contributed by atoms with Crippen molar-refractivity contribution in [2.75, 3.05) is 19.8 Å². The van der Waals surface area contributed by atoms with Crippen molar-refractivity contribution in [2.45, 2.75) is 116 Å². The Balaban J connectivity index is 1.92. The lowest BCUT2D eigenvalue weighted by atomic mass is 9.84. The smallest absolute Gasteiger partial charge is 0.122 e. The zero-order chi connectivity index (χ0) is 34.5. The van der Waals surface area contributed by atoms with Crippen molar-refractivity contribution in [1.82, 2.24) is 0 Å². The minimum Gasteiger partial charge on any atom is -0.508 e. The van der Waals surface area contributed by atoms with E-state index in [0.29, 0.717) is 19.8 Å². The minimum absolute atomic E-state index is 0.214. The van der Waals surface area contributed by atoms with Gasteiger partial charge >= 0.3 is 0 Å². The Bertz CT molecular complexity index is 1420. The van der Waals surface area contributed by atoms with Crippen LogP contribution in [0.1, 0.15) is 150 Å². The molecule has 49 heavy (non-hydrogen) atoms. The second-order valence-corrected chi connectivity index (χ2v) is 13.2. The third kappa shape index (κ3) is 11.8. The van der Waals surface area contributed by atoms with Crippen LogP contribution < -0.4 is 0 Å². The summed E-state index contributed by atoms with van der Waals surface area (Å²) >= 11 is 0. The van der Waals surface area contributed by atoms with Gasteiger partial charge in [-0.05, 0) is 47.6 Å². The SMILES string of the molecule is CCCCCCOC(c1ccccc1)c1ccc(O)c(C(OCCCCCC)c2ccccc2)c1C(OCCCCCC)c1ccccc1. The predicted molar refractivity (Wildman–Crippen MR) is 203 cm³/mol. The number of aromatic hydroxyl groups is 1. The molecule has 0 aliphatic heterocycles. The zero-order valence-electron chi connectivity index (χ0n) is 30.3. The van der Waals surface area contributed by atoms with Gasteiger partial charge in [-0.15, -0.1) is 0 Å². The Morgan fingerprint density at radius 1 is 0.408 bits per heavy atom. The molecule has 264 valence electrons. The van der Waals surface area contributed by atoms with Gasteiger partial charge in [-0.25, -0.2) is 0 Å². The summed E-state index contributed by atoms with van der Waals surface area (Å²) in [5.74, 6) is 0.214. The van der Waals surface area contributed by atoms with Gasteiger partial charge in [-0.1, -0.05) is 176 Å². The first kappa shape index (κ1) is 38.4. The summed E-state index contributed by atoms with van der Waals surface area (Å²) in [6.07, 6.45) is 12.2. The highest BCUT2D eigenvalue weighted by Gasteiger charge is 2.33. The number of phenolic OH excluding ortho intramolecular Hbond substituents is 1. The second-order valence-electron chi connectivity index (χ2n) is 13.2. The standard InChI is InChI=1S/C45H60O4/c1-4-7-10-22-33-47-43(36-25-16-13-17-26-36)39-31-32-40(46)42(45(38-29-20-15-21-30-38)49-35-24-12-9-6-3)41(39)44(37-27-18-14-19-28-37)48-34-23-11-8-5-2/h13-21,25-32,43-46H,4-12,22-24,33-35H2,1-3H3. The lowest BCUT2D eigenvalue weighted by molar-refractivity contribution is 0.0522. The molecule has 0 fully saturated rings. The van der Waals surface area contributed by atoms with E-state index in [1.54, 1.807) is 0 Å². The quantitative estimate of drug-likeness (QED) is 0.0757. The van der Waals surface area contributed by atoms with Crippen molar-refractivity contribution in [3.8, 4) is 5.75 Å². The summed E-state index contributed by atoms with van der Waals surface area (Å²) in [6, 6.07) is 35.2. The van der Waals surface area contributed by atoms with E-state index in [4.69, 9.17) is 14.2 Å². The van der Waals surface area contributed by atoms with Gasteiger partial charge in [0.15, 0.2) is 0 Å². The fourth-order valence-corrected chi connectivity index (χ4v) is 6.57. The van der Waals surface area contributed by atoms with Crippen LogP contribution in [-0.4, -0.2) is 24.9 Å². The van der Waals surface area contributed by atoms with E-state index in [2.05, 4.69) is 106 Å². The fourth-order valence-electron chi connectivity index (χ4n) is 6.57. The van der Waals surface area contributed by atoms with E-state index < -0.39 is 12.2 Å². The predicted octanol–water partition coefficient (Wildman–Crippen LogP) is 12.5. The molecular formula is C45H60O4. The minimum atomic E-state index is -0.478. The van der Waals surface area contributed by atoms with Crippen LogP contribution in [-0.2, 0) is 14.2 Å². The van der Waals surface area contributed by atoms with E-state index in [1.165, 1.54) is 38.5 Å². The Labute approximate surface area is 296 Å². The van der Waals surface area contributed by atoms with Gasteiger partial charge in [0, 0.05) is 30.9 Å². The topological polar surface area (TPSA) is 47.9 Å². The number of phenols is 1. The molecule has 0 aromatic heterocycles. The molecule has 0 heterocycles. The average molecular weight is 665 g/mol. The van der Waals surface area contributed by atoms with Gasteiger partial charge in [-0.2, -0.15) is 0 Å². The maximum absolute atomic E-state index is 12.0. The number of ether oxygens (including phenoxy) is 3. The van der Waals surface area contributed by atoms with Crippen LogP contribution in [0, 0.1) is 0 Å². The van der Waals surface area contributed by atoms with Gasteiger partial charge in [0.05, 0.1) is 0 Å². The van der Waals surface area contributed by atoms with Gasteiger partial charge < -0.3 is 19.3 Å². The van der Waals surface area contributed by atoms with Gasteiger partial charge in [-0.3, -0.25) is 0 Å². The number of hydrogen-bond acceptors (Lipinski definition) is 4. The molecule has 0 spiro atoms. The highest BCUT2D eigenvalue weighted by atomic mass is 16.5. The third-order valence-corrected chi connectivity index (χ3v) is 9.26. The van der Waals surface area contributed by atoms with Crippen molar-refractivity contribution in [2.24, 2.45) is 0 Å². The molecule has 4 aromatic carbocycles. The maximum Gasteiger partial charge on any atom is 0.122 e. The van der Waals surface area contributed by atoms with Crippen LogP contribution in [0.2, 0.25) is 0 Å². The van der Waals surface area contributed by atoms with Gasteiger partial charge in [0.1, 0.15) is 24.1 Å². The van der Waals surface area contributed by atoms with Crippen LogP contribution in [0.5, 0.6) is 5.75 Å².